The minimum atomic E-state index is -0.843. The molecule has 2 saturated heterocycles. The number of ether oxygens (including phenoxy) is 3. The first-order valence-electron chi connectivity index (χ1n) is 9.59. The largest absolute Gasteiger partial charge is 0.388 e. The summed E-state index contributed by atoms with van der Waals surface area (Å²) >= 11 is 0. The monoisotopic (exact) mass is 378 g/mol. The summed E-state index contributed by atoms with van der Waals surface area (Å²) in [6, 6.07) is 10.1. The van der Waals surface area contributed by atoms with Gasteiger partial charge in [-0.1, -0.05) is 30.3 Å². The van der Waals surface area contributed by atoms with E-state index in [0.717, 1.165) is 6.42 Å². The van der Waals surface area contributed by atoms with Gasteiger partial charge in [0.05, 0.1) is 12.7 Å². The number of aliphatic hydroxyl groups excluding tert-OH is 1. The zero-order chi connectivity index (χ0) is 19.4. The number of rotatable bonds is 8. The third-order valence-electron chi connectivity index (χ3n) is 5.00. The number of aliphatic hydroxyl groups is 1. The third-order valence-corrected chi connectivity index (χ3v) is 5.00. The second kappa shape index (κ2) is 9.12. The van der Waals surface area contributed by atoms with E-state index in [4.69, 9.17) is 14.2 Å². The molecule has 3 N–H and O–H groups in total. The van der Waals surface area contributed by atoms with E-state index in [0.29, 0.717) is 19.2 Å². The van der Waals surface area contributed by atoms with E-state index >= 15 is 0 Å². The van der Waals surface area contributed by atoms with Gasteiger partial charge in [0.2, 0.25) is 5.91 Å². The molecule has 2 fully saturated rings. The van der Waals surface area contributed by atoms with Gasteiger partial charge >= 0.3 is 0 Å². The van der Waals surface area contributed by atoms with Crippen molar-refractivity contribution < 1.29 is 24.1 Å². The number of carbonyl (C=O) groups is 1. The van der Waals surface area contributed by atoms with Crippen LogP contribution in [0.2, 0.25) is 0 Å². The first-order chi connectivity index (χ1) is 12.9. The number of carbonyl (C=O) groups excluding carboxylic acids is 1. The molecule has 0 saturated carbocycles. The van der Waals surface area contributed by atoms with Gasteiger partial charge in [0, 0.05) is 19.5 Å². The molecule has 7 heteroatoms. The molecule has 0 aromatic heterocycles. The molecule has 7 nitrogen and oxygen atoms in total. The molecule has 2 aliphatic heterocycles. The molecule has 27 heavy (non-hydrogen) atoms. The fourth-order valence-corrected chi connectivity index (χ4v) is 3.66. The fraction of sp³-hybridized carbons (Fsp3) is 0.650. The van der Waals surface area contributed by atoms with Crippen LogP contribution in [0.3, 0.4) is 0 Å². The van der Waals surface area contributed by atoms with Crippen molar-refractivity contribution in [3.05, 3.63) is 35.9 Å². The second-order valence-corrected chi connectivity index (χ2v) is 7.50. The van der Waals surface area contributed by atoms with Crippen molar-refractivity contribution in [2.24, 2.45) is 0 Å². The number of fused-ring (bicyclic) bond motifs is 2. The fourth-order valence-electron chi connectivity index (χ4n) is 3.66. The first-order valence-corrected chi connectivity index (χ1v) is 9.59. The smallest absolute Gasteiger partial charge is 0.217 e. The summed E-state index contributed by atoms with van der Waals surface area (Å²) in [6.07, 6.45) is -1.62. The molecule has 2 heterocycles. The van der Waals surface area contributed by atoms with Crippen LogP contribution in [-0.4, -0.2) is 67.0 Å². The third kappa shape index (κ3) is 5.27. The van der Waals surface area contributed by atoms with Crippen LogP contribution in [-0.2, 0) is 25.4 Å². The Morgan fingerprint density at radius 3 is 2.78 bits per heavy atom. The van der Waals surface area contributed by atoms with Gasteiger partial charge in [-0.05, 0) is 25.8 Å². The van der Waals surface area contributed by atoms with Crippen LogP contribution in [0.5, 0.6) is 0 Å². The maximum absolute atomic E-state index is 11.5. The minimum Gasteiger partial charge on any atom is -0.388 e. The second-order valence-electron chi connectivity index (χ2n) is 7.50. The molecule has 2 bridgehead atoms. The summed E-state index contributed by atoms with van der Waals surface area (Å²) in [4.78, 5) is 11.5. The Morgan fingerprint density at radius 1 is 1.33 bits per heavy atom. The zero-order valence-corrected chi connectivity index (χ0v) is 16.1. The molecule has 7 atom stereocenters. The highest BCUT2D eigenvalue weighted by Gasteiger charge is 2.51. The number of hydrogen-bond acceptors (Lipinski definition) is 6. The topological polar surface area (TPSA) is 89.1 Å². The lowest BCUT2D eigenvalue weighted by atomic mass is 9.98. The normalized spacial score (nSPS) is 32.1. The summed E-state index contributed by atoms with van der Waals surface area (Å²) in [5.74, 6) is -0.208. The molecular weight excluding hydrogens is 348 g/mol. The standard InChI is InChI=1S/C20H30N2O5/c1-12(9-15-7-5-4-6-8-15)21-10-13(2)26-19-17(22-14(3)23)20-25-11-16(27-20)18(19)24/h4-8,12-13,16-21,24H,9-11H2,1-3H3,(H,22,23)/t12-,13-,16-,17-,18-,19-,20-/m1/s1. The van der Waals surface area contributed by atoms with Crippen LogP contribution in [0.25, 0.3) is 0 Å². The molecule has 1 amide bonds. The van der Waals surface area contributed by atoms with Crippen LogP contribution in [0, 0.1) is 0 Å². The van der Waals surface area contributed by atoms with Crippen molar-refractivity contribution in [2.45, 2.75) is 70.0 Å². The van der Waals surface area contributed by atoms with E-state index in [-0.39, 0.29) is 12.0 Å². The van der Waals surface area contributed by atoms with Crippen LogP contribution in [0.1, 0.15) is 26.3 Å². The highest BCUT2D eigenvalue weighted by Crippen LogP contribution is 2.30. The van der Waals surface area contributed by atoms with Crippen molar-refractivity contribution >= 4 is 5.91 Å². The van der Waals surface area contributed by atoms with Gasteiger partial charge in [0.1, 0.15) is 24.4 Å². The predicted molar refractivity (Wildman–Crippen MR) is 100 cm³/mol. The van der Waals surface area contributed by atoms with Gasteiger partial charge in [-0.15, -0.1) is 0 Å². The Morgan fingerprint density at radius 2 is 2.07 bits per heavy atom. The Balaban J connectivity index is 1.52. The molecule has 2 aliphatic rings. The van der Waals surface area contributed by atoms with Crippen molar-refractivity contribution in [3.8, 4) is 0 Å². The maximum Gasteiger partial charge on any atom is 0.217 e. The number of benzene rings is 1. The molecule has 0 spiro atoms. The van der Waals surface area contributed by atoms with Gasteiger partial charge in [-0.25, -0.2) is 0 Å². The summed E-state index contributed by atoms with van der Waals surface area (Å²) in [5, 5.41) is 16.8. The molecule has 150 valence electrons. The summed E-state index contributed by atoms with van der Waals surface area (Å²) < 4.78 is 17.3. The van der Waals surface area contributed by atoms with Crippen LogP contribution >= 0.6 is 0 Å². The van der Waals surface area contributed by atoms with Gasteiger partial charge in [-0.2, -0.15) is 0 Å². The highest BCUT2D eigenvalue weighted by atomic mass is 16.7. The average molecular weight is 378 g/mol. The number of hydrogen-bond donors (Lipinski definition) is 3. The van der Waals surface area contributed by atoms with Gasteiger partial charge < -0.3 is 30.0 Å². The quantitative estimate of drug-likeness (QED) is 0.614. The van der Waals surface area contributed by atoms with Crippen molar-refractivity contribution in [1.82, 2.24) is 10.6 Å². The lowest BCUT2D eigenvalue weighted by Gasteiger charge is -2.40. The molecule has 1 aromatic rings. The Labute approximate surface area is 160 Å². The molecule has 0 unspecified atom stereocenters. The van der Waals surface area contributed by atoms with E-state index in [1.807, 2.05) is 25.1 Å². The van der Waals surface area contributed by atoms with Crippen LogP contribution < -0.4 is 10.6 Å². The van der Waals surface area contributed by atoms with E-state index in [2.05, 4.69) is 29.7 Å². The first kappa shape index (κ1) is 20.2. The van der Waals surface area contributed by atoms with Crippen molar-refractivity contribution in [1.29, 1.82) is 0 Å². The zero-order valence-electron chi connectivity index (χ0n) is 16.1. The Kier molecular flexibility index (Phi) is 6.83. The lowest BCUT2D eigenvalue weighted by molar-refractivity contribution is -0.209. The van der Waals surface area contributed by atoms with Crippen molar-refractivity contribution in [2.75, 3.05) is 13.2 Å². The Bertz CT molecular complexity index is 614. The maximum atomic E-state index is 11.5. The van der Waals surface area contributed by atoms with Gasteiger partial charge in [0.25, 0.3) is 0 Å². The molecular formula is C20H30N2O5. The SMILES string of the molecule is CC(=O)N[C@H]1[C@@H]2OC[C@@H](O2)[C@@H](O)[C@@H]1O[C@H](C)CN[C@H](C)Cc1ccccc1. The summed E-state index contributed by atoms with van der Waals surface area (Å²) in [6.45, 7) is 6.47. The van der Waals surface area contributed by atoms with Crippen LogP contribution in [0.15, 0.2) is 30.3 Å². The van der Waals surface area contributed by atoms with Crippen molar-refractivity contribution in [3.63, 3.8) is 0 Å². The molecule has 3 rings (SSSR count). The Hall–Kier alpha value is -1.51. The number of nitrogens with one attached hydrogen (secondary N) is 2. The molecule has 0 radical (unpaired) electrons. The minimum absolute atomic E-state index is 0.142. The summed E-state index contributed by atoms with van der Waals surface area (Å²) in [7, 11) is 0. The van der Waals surface area contributed by atoms with Gasteiger partial charge in [-0.3, -0.25) is 4.79 Å². The highest BCUT2D eigenvalue weighted by molar-refractivity contribution is 5.73. The average Bonchev–Trinajstić information content (AvgIpc) is 3.08. The van der Waals surface area contributed by atoms with E-state index in [9.17, 15) is 9.90 Å². The molecule has 0 aliphatic carbocycles. The predicted octanol–water partition coefficient (Wildman–Crippen LogP) is 0.602. The van der Waals surface area contributed by atoms with Crippen LogP contribution in [0.4, 0.5) is 0 Å². The number of amides is 1. The van der Waals surface area contributed by atoms with E-state index < -0.39 is 30.6 Å². The van der Waals surface area contributed by atoms with E-state index in [1.54, 1.807) is 0 Å². The summed E-state index contributed by atoms with van der Waals surface area (Å²) in [5.41, 5.74) is 1.28. The van der Waals surface area contributed by atoms with E-state index in [1.165, 1.54) is 12.5 Å². The van der Waals surface area contributed by atoms with Gasteiger partial charge in [0.15, 0.2) is 6.29 Å². The lowest BCUT2D eigenvalue weighted by Crippen LogP contribution is -2.62. The molecule has 1 aromatic carbocycles.